The molecule has 3 aromatic rings. The van der Waals surface area contributed by atoms with E-state index in [4.69, 9.17) is 21.4 Å². The van der Waals surface area contributed by atoms with Gasteiger partial charge in [0.1, 0.15) is 5.75 Å². The van der Waals surface area contributed by atoms with Crippen molar-refractivity contribution >= 4 is 17.6 Å². The van der Waals surface area contributed by atoms with E-state index < -0.39 is 0 Å². The molecule has 1 aromatic heterocycles. The smallest absolute Gasteiger partial charge is 0.318 e. The summed E-state index contributed by atoms with van der Waals surface area (Å²) >= 11 is 6.25. The molecule has 32 heavy (non-hydrogen) atoms. The van der Waals surface area contributed by atoms with Crippen LogP contribution in [0.15, 0.2) is 54.6 Å². The van der Waals surface area contributed by atoms with Crippen LogP contribution in [0.1, 0.15) is 44.9 Å². The van der Waals surface area contributed by atoms with Crippen LogP contribution in [-0.4, -0.2) is 32.3 Å². The third-order valence-corrected chi connectivity index (χ3v) is 5.44. The van der Waals surface area contributed by atoms with Crippen LogP contribution < -0.4 is 10.1 Å². The van der Waals surface area contributed by atoms with Gasteiger partial charge in [0.15, 0.2) is 0 Å². The summed E-state index contributed by atoms with van der Waals surface area (Å²) in [6.07, 6.45) is 2.02. The molecule has 168 valence electrons. The first-order chi connectivity index (χ1) is 15.2. The number of carbonyl (C=O) groups excluding carboxylic acids is 1. The van der Waals surface area contributed by atoms with Crippen LogP contribution in [0.2, 0.25) is 5.02 Å². The summed E-state index contributed by atoms with van der Waals surface area (Å²) in [5, 5.41) is 8.47. The number of amides is 2. The third-order valence-electron chi connectivity index (χ3n) is 5.21. The number of halogens is 1. The first-order valence-electron chi connectivity index (χ1n) is 10.9. The molecule has 1 aliphatic rings. The van der Waals surface area contributed by atoms with Gasteiger partial charge in [-0.1, -0.05) is 35.9 Å². The molecular formula is C25H29ClN4O2. The lowest BCUT2D eigenvalue weighted by Gasteiger charge is -2.28. The molecule has 2 amide bonds. The van der Waals surface area contributed by atoms with E-state index >= 15 is 0 Å². The van der Waals surface area contributed by atoms with Gasteiger partial charge in [-0.15, -0.1) is 0 Å². The van der Waals surface area contributed by atoms with E-state index in [9.17, 15) is 4.79 Å². The number of carbonyl (C=O) groups is 1. The zero-order valence-corrected chi connectivity index (χ0v) is 19.7. The molecule has 0 radical (unpaired) electrons. The van der Waals surface area contributed by atoms with Gasteiger partial charge < -0.3 is 15.0 Å². The van der Waals surface area contributed by atoms with Crippen molar-refractivity contribution in [1.82, 2.24) is 20.0 Å². The van der Waals surface area contributed by atoms with Crippen LogP contribution >= 0.6 is 11.6 Å². The Kier molecular flexibility index (Phi) is 6.15. The van der Waals surface area contributed by atoms with Crippen molar-refractivity contribution in [3.05, 3.63) is 70.9 Å². The Hall–Kier alpha value is -2.99. The van der Waals surface area contributed by atoms with Gasteiger partial charge in [-0.2, -0.15) is 5.10 Å². The minimum Gasteiger partial charge on any atom is -0.439 e. The number of hydrogen-bond acceptors (Lipinski definition) is 3. The summed E-state index contributed by atoms with van der Waals surface area (Å²) in [6.45, 7) is 8.33. The van der Waals surface area contributed by atoms with Crippen LogP contribution in [0.4, 0.5) is 4.79 Å². The highest BCUT2D eigenvalue weighted by molar-refractivity contribution is 6.30. The number of rotatable bonds is 6. The van der Waals surface area contributed by atoms with Crippen LogP contribution in [0.3, 0.4) is 0 Å². The highest BCUT2D eigenvalue weighted by Crippen LogP contribution is 2.35. The maximum atomic E-state index is 13.1. The fourth-order valence-corrected chi connectivity index (χ4v) is 3.71. The van der Waals surface area contributed by atoms with E-state index in [0.717, 1.165) is 29.8 Å². The third kappa shape index (κ3) is 5.25. The Balaban J connectivity index is 1.74. The van der Waals surface area contributed by atoms with Crippen molar-refractivity contribution in [2.45, 2.75) is 58.7 Å². The lowest BCUT2D eigenvalue weighted by molar-refractivity contribution is 0.182. The molecule has 6 nitrogen and oxygen atoms in total. The highest BCUT2D eigenvalue weighted by atomic mass is 35.5. The van der Waals surface area contributed by atoms with Gasteiger partial charge in [-0.05, 0) is 70.9 Å². The van der Waals surface area contributed by atoms with E-state index in [1.165, 1.54) is 0 Å². The van der Waals surface area contributed by atoms with Gasteiger partial charge in [0.2, 0.25) is 5.88 Å². The zero-order chi connectivity index (χ0) is 22.9. The summed E-state index contributed by atoms with van der Waals surface area (Å²) < 4.78 is 8.10. The largest absolute Gasteiger partial charge is 0.439 e. The minimum atomic E-state index is -0.312. The quantitative estimate of drug-likeness (QED) is 0.491. The average molecular weight is 453 g/mol. The van der Waals surface area contributed by atoms with Crippen molar-refractivity contribution in [2.24, 2.45) is 0 Å². The van der Waals surface area contributed by atoms with Crippen molar-refractivity contribution in [3.63, 3.8) is 0 Å². The maximum absolute atomic E-state index is 13.1. The highest BCUT2D eigenvalue weighted by Gasteiger charge is 2.35. The fourth-order valence-electron chi connectivity index (χ4n) is 3.52. The molecule has 0 bridgehead atoms. The topological polar surface area (TPSA) is 59.4 Å². The number of aryl methyl sites for hydroxylation is 1. The molecular weight excluding hydrogens is 424 g/mol. The summed E-state index contributed by atoms with van der Waals surface area (Å²) in [6, 6.07) is 17.3. The number of ether oxygens (including phenoxy) is 1. The predicted molar refractivity (Wildman–Crippen MR) is 127 cm³/mol. The van der Waals surface area contributed by atoms with Gasteiger partial charge in [-0.25, -0.2) is 9.48 Å². The van der Waals surface area contributed by atoms with Crippen molar-refractivity contribution in [3.8, 4) is 17.3 Å². The normalized spacial score (nSPS) is 13.7. The van der Waals surface area contributed by atoms with Crippen LogP contribution in [0, 0.1) is 6.92 Å². The van der Waals surface area contributed by atoms with E-state index in [1.807, 2.05) is 87.2 Å². The Morgan fingerprint density at radius 2 is 1.91 bits per heavy atom. The van der Waals surface area contributed by atoms with Crippen LogP contribution in [-0.2, 0) is 6.54 Å². The zero-order valence-electron chi connectivity index (χ0n) is 18.9. The second kappa shape index (κ2) is 8.87. The Morgan fingerprint density at radius 3 is 2.53 bits per heavy atom. The van der Waals surface area contributed by atoms with Gasteiger partial charge >= 0.3 is 6.03 Å². The molecule has 4 rings (SSSR count). The van der Waals surface area contributed by atoms with Gasteiger partial charge in [0.25, 0.3) is 0 Å². The summed E-state index contributed by atoms with van der Waals surface area (Å²) in [7, 11) is 0. The maximum Gasteiger partial charge on any atom is 0.318 e. The Bertz CT molecular complexity index is 1100. The van der Waals surface area contributed by atoms with Crippen LogP contribution in [0.25, 0.3) is 5.69 Å². The fraction of sp³-hybridized carbons (Fsp3) is 0.360. The lowest BCUT2D eigenvalue weighted by Crippen LogP contribution is -2.49. The molecule has 0 unspecified atom stereocenters. The van der Waals surface area contributed by atoms with E-state index in [1.54, 1.807) is 4.68 Å². The van der Waals surface area contributed by atoms with Gasteiger partial charge in [-0.3, -0.25) is 0 Å². The van der Waals surface area contributed by atoms with Crippen molar-refractivity contribution in [1.29, 1.82) is 0 Å². The van der Waals surface area contributed by atoms with Crippen molar-refractivity contribution < 1.29 is 9.53 Å². The molecule has 1 saturated carbocycles. The number of hydrogen-bond donors (Lipinski definition) is 1. The lowest BCUT2D eigenvalue weighted by atomic mass is 10.1. The van der Waals surface area contributed by atoms with E-state index in [2.05, 4.69) is 5.32 Å². The standard InChI is InChI=1S/C25H29ClN4O2/c1-17-22(16-29(19-13-14-19)24(31)27-25(2,3)4)23(32-21-11-6-5-7-12-21)30(28-17)20-10-8-9-18(26)15-20/h5-12,15,19H,13-14,16H2,1-4H3,(H,27,31). The molecule has 2 aromatic carbocycles. The summed E-state index contributed by atoms with van der Waals surface area (Å²) in [4.78, 5) is 15.0. The first kappa shape index (κ1) is 22.2. The number of para-hydroxylation sites is 1. The molecule has 0 atom stereocenters. The predicted octanol–water partition coefficient (Wildman–Crippen LogP) is 6.10. The second-order valence-corrected chi connectivity index (χ2v) is 9.65. The molecule has 1 aliphatic carbocycles. The van der Waals surface area contributed by atoms with Crippen LogP contribution in [0.5, 0.6) is 11.6 Å². The van der Waals surface area contributed by atoms with E-state index in [-0.39, 0.29) is 17.6 Å². The SMILES string of the molecule is Cc1nn(-c2cccc(Cl)c2)c(Oc2ccccc2)c1CN(C(=O)NC(C)(C)C)C1CC1. The number of nitrogens with one attached hydrogen (secondary N) is 1. The average Bonchev–Trinajstić information content (AvgIpc) is 3.51. The summed E-state index contributed by atoms with van der Waals surface area (Å²) in [5.41, 5.74) is 2.18. The van der Waals surface area contributed by atoms with Gasteiger partial charge in [0.05, 0.1) is 23.5 Å². The summed E-state index contributed by atoms with van der Waals surface area (Å²) in [5.74, 6) is 1.29. The molecule has 0 spiro atoms. The number of aromatic nitrogens is 2. The molecule has 0 aliphatic heterocycles. The molecule has 7 heteroatoms. The molecule has 1 heterocycles. The molecule has 1 N–H and O–H groups in total. The Labute approximate surface area is 194 Å². The Morgan fingerprint density at radius 1 is 1.19 bits per heavy atom. The number of nitrogens with zero attached hydrogens (tertiary/aromatic N) is 3. The molecule has 1 fully saturated rings. The minimum absolute atomic E-state index is 0.0689. The number of benzene rings is 2. The van der Waals surface area contributed by atoms with Gasteiger partial charge in [0, 0.05) is 16.6 Å². The monoisotopic (exact) mass is 452 g/mol. The molecule has 0 saturated heterocycles. The van der Waals surface area contributed by atoms with E-state index in [0.29, 0.717) is 23.2 Å². The second-order valence-electron chi connectivity index (χ2n) is 9.22. The number of urea groups is 1. The first-order valence-corrected chi connectivity index (χ1v) is 11.3. The van der Waals surface area contributed by atoms with Crippen molar-refractivity contribution in [2.75, 3.05) is 0 Å².